The van der Waals surface area contributed by atoms with Crippen LogP contribution in [-0.4, -0.2) is 34.2 Å². The summed E-state index contributed by atoms with van der Waals surface area (Å²) in [5.74, 6) is 2.52. The monoisotopic (exact) mass is 549 g/mol. The van der Waals surface area contributed by atoms with E-state index in [1.165, 1.54) is 31.2 Å². The number of ether oxygens (including phenoxy) is 1. The number of hydrogen-bond donors (Lipinski definition) is 2. The Labute approximate surface area is 236 Å². The van der Waals surface area contributed by atoms with E-state index in [-0.39, 0.29) is 5.41 Å². The molecule has 2 fully saturated rings. The molecule has 1 saturated carbocycles. The number of hydrogen-bond acceptors (Lipinski definition) is 5. The first kappa shape index (κ1) is 26.7. The van der Waals surface area contributed by atoms with Crippen LogP contribution in [0.4, 0.5) is 11.8 Å². The Balaban J connectivity index is 1.33. The van der Waals surface area contributed by atoms with Crippen molar-refractivity contribution in [3.63, 3.8) is 0 Å². The van der Waals surface area contributed by atoms with Crippen molar-refractivity contribution in [2.45, 2.75) is 69.7 Å². The summed E-state index contributed by atoms with van der Waals surface area (Å²) >= 11 is 11.9. The molecule has 1 aliphatic heterocycles. The molecular weight excluding hydrogens is 514 g/mol. The molecule has 2 N–H and O–H groups in total. The van der Waals surface area contributed by atoms with Crippen LogP contribution in [0.3, 0.4) is 0 Å². The van der Waals surface area contributed by atoms with E-state index in [0.717, 1.165) is 55.4 Å². The molecule has 2 aromatic carbocycles. The molecule has 200 valence electrons. The lowest BCUT2D eigenvalue weighted by Crippen LogP contribution is -2.43. The second kappa shape index (κ2) is 12.3. The van der Waals surface area contributed by atoms with E-state index in [2.05, 4.69) is 39.6 Å². The molecule has 0 radical (unpaired) electrons. The van der Waals surface area contributed by atoms with Crippen LogP contribution >= 0.6 is 23.8 Å². The molecule has 8 heteroatoms. The van der Waals surface area contributed by atoms with Crippen LogP contribution in [0.2, 0.25) is 5.02 Å². The first-order chi connectivity index (χ1) is 18.5. The van der Waals surface area contributed by atoms with Crippen molar-refractivity contribution in [2.24, 2.45) is 0 Å². The molecule has 6 nitrogen and oxygen atoms in total. The van der Waals surface area contributed by atoms with Crippen molar-refractivity contribution in [1.29, 1.82) is 0 Å². The highest BCUT2D eigenvalue weighted by Crippen LogP contribution is 2.39. The highest BCUT2D eigenvalue weighted by Gasteiger charge is 2.34. The van der Waals surface area contributed by atoms with E-state index < -0.39 is 0 Å². The van der Waals surface area contributed by atoms with Crippen molar-refractivity contribution in [3.05, 3.63) is 71.2 Å². The van der Waals surface area contributed by atoms with Gasteiger partial charge in [0.05, 0.1) is 0 Å². The zero-order chi connectivity index (χ0) is 26.4. The van der Waals surface area contributed by atoms with Gasteiger partial charge in [0.15, 0.2) is 5.11 Å². The van der Waals surface area contributed by atoms with Gasteiger partial charge in [-0.1, -0.05) is 61.2 Å². The van der Waals surface area contributed by atoms with E-state index in [1.54, 1.807) is 0 Å². The molecule has 3 aromatic rings. The quantitative estimate of drug-likeness (QED) is 0.296. The number of aromatic nitrogens is 2. The first-order valence-electron chi connectivity index (χ1n) is 13.7. The van der Waals surface area contributed by atoms with Crippen LogP contribution in [0.5, 0.6) is 11.6 Å². The Morgan fingerprint density at radius 2 is 1.79 bits per heavy atom. The summed E-state index contributed by atoms with van der Waals surface area (Å²) in [6, 6.07) is 20.3. The second-order valence-corrected chi connectivity index (χ2v) is 11.3. The molecule has 0 amide bonds. The van der Waals surface area contributed by atoms with Gasteiger partial charge < -0.3 is 20.3 Å². The first-order valence-corrected chi connectivity index (χ1v) is 14.5. The van der Waals surface area contributed by atoms with Gasteiger partial charge in [0.1, 0.15) is 11.6 Å². The number of nitrogens with zero attached hydrogens (tertiary/aromatic N) is 3. The van der Waals surface area contributed by atoms with Crippen molar-refractivity contribution < 1.29 is 4.74 Å². The lowest BCUT2D eigenvalue weighted by molar-refractivity contribution is 0.292. The van der Waals surface area contributed by atoms with Crippen molar-refractivity contribution in [2.75, 3.05) is 23.3 Å². The Hall–Kier alpha value is -2.90. The summed E-state index contributed by atoms with van der Waals surface area (Å²) in [4.78, 5) is 11.8. The summed E-state index contributed by atoms with van der Waals surface area (Å²) in [5.41, 5.74) is 1.34. The van der Waals surface area contributed by atoms with Crippen LogP contribution in [0.25, 0.3) is 0 Å². The Kier molecular flexibility index (Phi) is 8.65. The van der Waals surface area contributed by atoms with E-state index in [1.807, 2.05) is 48.5 Å². The number of benzene rings is 2. The molecule has 5 rings (SSSR count). The van der Waals surface area contributed by atoms with Gasteiger partial charge in [-0.25, -0.2) is 0 Å². The summed E-state index contributed by atoms with van der Waals surface area (Å²) < 4.78 is 6.11. The fraction of sp³-hybridized carbons (Fsp3) is 0.433. The minimum absolute atomic E-state index is 0.0299. The van der Waals surface area contributed by atoms with Gasteiger partial charge >= 0.3 is 0 Å². The standard InChI is InChI=1S/C30H36ClN5OS/c1-22-10-6-9-19-36(22)26-20-27(37-25-11-4-2-5-12-25)34-28(33-26)35-29(38)32-21-30(17-7-3-8-18-30)23-13-15-24(31)16-14-23/h2,4-5,11-16,20,22H,3,6-10,17-19,21H2,1H3,(H2,32,33,34,35,38)/t22-/m0/s1. The maximum Gasteiger partial charge on any atom is 0.234 e. The fourth-order valence-corrected chi connectivity index (χ4v) is 6.00. The van der Waals surface area contributed by atoms with E-state index in [4.69, 9.17) is 33.5 Å². The van der Waals surface area contributed by atoms with Crippen LogP contribution < -0.4 is 20.3 Å². The van der Waals surface area contributed by atoms with Crippen molar-refractivity contribution >= 4 is 40.7 Å². The minimum Gasteiger partial charge on any atom is -0.439 e. The molecule has 1 aromatic heterocycles. The third-order valence-electron chi connectivity index (χ3n) is 7.83. The second-order valence-electron chi connectivity index (χ2n) is 10.5. The predicted molar refractivity (Wildman–Crippen MR) is 160 cm³/mol. The molecule has 1 atom stereocenters. The van der Waals surface area contributed by atoms with Gasteiger partial charge in [0, 0.05) is 35.6 Å². The molecule has 1 aliphatic carbocycles. The van der Waals surface area contributed by atoms with Crippen LogP contribution in [0, 0.1) is 0 Å². The van der Waals surface area contributed by atoms with Gasteiger partial charge in [-0.15, -0.1) is 0 Å². The molecule has 2 aliphatic rings. The molecule has 0 unspecified atom stereocenters. The number of rotatable bonds is 7. The predicted octanol–water partition coefficient (Wildman–Crippen LogP) is 7.49. The Bertz CT molecular complexity index is 1220. The van der Waals surface area contributed by atoms with Gasteiger partial charge in [-0.05, 0) is 81.1 Å². The van der Waals surface area contributed by atoms with E-state index in [9.17, 15) is 0 Å². The van der Waals surface area contributed by atoms with Crippen LogP contribution in [0.15, 0.2) is 60.7 Å². The summed E-state index contributed by atoms with van der Waals surface area (Å²) in [6.45, 7) is 3.96. The third kappa shape index (κ3) is 6.56. The summed E-state index contributed by atoms with van der Waals surface area (Å²) in [5, 5.41) is 8.01. The van der Waals surface area contributed by atoms with Crippen molar-refractivity contribution in [1.82, 2.24) is 15.3 Å². The molecule has 1 saturated heterocycles. The van der Waals surface area contributed by atoms with Crippen molar-refractivity contribution in [3.8, 4) is 11.6 Å². The Morgan fingerprint density at radius 3 is 2.53 bits per heavy atom. The lowest BCUT2D eigenvalue weighted by atomic mass is 9.69. The smallest absolute Gasteiger partial charge is 0.234 e. The largest absolute Gasteiger partial charge is 0.439 e. The molecular formula is C30H36ClN5OS. The zero-order valence-corrected chi connectivity index (χ0v) is 23.5. The molecule has 38 heavy (non-hydrogen) atoms. The number of thiocarbonyl (C=S) groups is 1. The number of para-hydroxylation sites is 1. The summed E-state index contributed by atoms with van der Waals surface area (Å²) in [6.07, 6.45) is 9.49. The molecule has 0 bridgehead atoms. The number of anilines is 2. The molecule has 0 spiro atoms. The number of halogens is 1. The van der Waals surface area contributed by atoms with Gasteiger partial charge in [-0.2, -0.15) is 9.97 Å². The van der Waals surface area contributed by atoms with Crippen LogP contribution in [-0.2, 0) is 5.41 Å². The lowest BCUT2D eigenvalue weighted by Gasteiger charge is -2.38. The molecule has 2 heterocycles. The van der Waals surface area contributed by atoms with Crippen LogP contribution in [0.1, 0.15) is 63.9 Å². The maximum atomic E-state index is 6.18. The maximum absolute atomic E-state index is 6.18. The van der Waals surface area contributed by atoms with E-state index in [0.29, 0.717) is 23.0 Å². The average molecular weight is 550 g/mol. The van der Waals surface area contributed by atoms with Gasteiger partial charge in [0.25, 0.3) is 0 Å². The van der Waals surface area contributed by atoms with Gasteiger partial charge in [0.2, 0.25) is 11.8 Å². The number of nitrogens with one attached hydrogen (secondary N) is 2. The van der Waals surface area contributed by atoms with Gasteiger partial charge in [-0.3, -0.25) is 0 Å². The Morgan fingerprint density at radius 1 is 1.03 bits per heavy atom. The average Bonchev–Trinajstić information content (AvgIpc) is 2.93. The summed E-state index contributed by atoms with van der Waals surface area (Å²) in [7, 11) is 0. The number of piperidine rings is 1. The minimum atomic E-state index is 0.0299. The topological polar surface area (TPSA) is 62.3 Å². The zero-order valence-electron chi connectivity index (χ0n) is 22.0. The highest BCUT2D eigenvalue weighted by atomic mass is 35.5. The normalized spacial score (nSPS) is 19.0. The fourth-order valence-electron chi connectivity index (χ4n) is 5.71. The SMILES string of the molecule is C[C@H]1CCCCN1c1cc(Oc2ccccc2)nc(NC(=S)NCC2(c3ccc(Cl)cc3)CCCCC2)n1. The van der Waals surface area contributed by atoms with E-state index >= 15 is 0 Å². The third-order valence-corrected chi connectivity index (χ3v) is 8.33. The highest BCUT2D eigenvalue weighted by molar-refractivity contribution is 7.80.